The van der Waals surface area contributed by atoms with Gasteiger partial charge in [0.15, 0.2) is 0 Å². The second-order valence-electron chi connectivity index (χ2n) is 9.47. The monoisotopic (exact) mass is 486 g/mol. The topological polar surface area (TPSA) is 103 Å². The molecule has 8 nitrogen and oxygen atoms in total. The van der Waals surface area contributed by atoms with Crippen LogP contribution in [0.4, 0.5) is 5.69 Å². The average Bonchev–Trinajstić information content (AvgIpc) is 3.35. The summed E-state index contributed by atoms with van der Waals surface area (Å²) in [5, 5.41) is 2.94. The molecule has 2 amide bonds. The Balaban J connectivity index is 1.42. The number of carbonyl (C=O) groups excluding carboxylic acids is 2. The highest BCUT2D eigenvalue weighted by atomic mass is 32.2. The van der Waals surface area contributed by atoms with Gasteiger partial charge in [0.2, 0.25) is 15.9 Å². The number of hydrogen-bond donors (Lipinski definition) is 2. The van der Waals surface area contributed by atoms with Gasteiger partial charge in [-0.2, -0.15) is 4.31 Å². The number of sulfonamides is 1. The fraction of sp³-hybridized carbons (Fsp3) is 0.520. The number of benzene rings is 1. The van der Waals surface area contributed by atoms with E-state index < -0.39 is 15.9 Å². The fourth-order valence-corrected chi connectivity index (χ4v) is 6.18. The molecule has 0 aliphatic carbocycles. The summed E-state index contributed by atoms with van der Waals surface area (Å²) in [6.07, 6.45) is 5.41. The molecular weight excluding hydrogens is 452 g/mol. The third kappa shape index (κ3) is 5.36. The van der Waals surface area contributed by atoms with E-state index >= 15 is 0 Å². The number of amides is 2. The van der Waals surface area contributed by atoms with Crippen molar-refractivity contribution in [1.82, 2.24) is 14.2 Å². The third-order valence-electron chi connectivity index (χ3n) is 6.95. The molecule has 2 aromatic rings. The number of nitrogens with one attached hydrogen (secondary N) is 2. The van der Waals surface area contributed by atoms with Crippen LogP contribution < -0.4 is 5.32 Å². The zero-order valence-corrected chi connectivity index (χ0v) is 20.7. The van der Waals surface area contributed by atoms with Gasteiger partial charge in [-0.25, -0.2) is 8.42 Å². The standard InChI is InChI=1S/C25H34N4O4S/c1-3-19-6-4-8-21(14-19)27-24(30)20-7-5-11-29(17-20)34(32,33)22-15-23(26-16-22)25(31)28-12-9-18(2)10-13-28/h4,6,8,14-16,18,20,26H,3,5,7,9-13,17H2,1-2H3,(H,27,30)/t20-/m0/s1. The Morgan fingerprint density at radius 3 is 2.62 bits per heavy atom. The van der Waals surface area contributed by atoms with Crippen LogP contribution in [-0.4, -0.2) is 60.6 Å². The molecule has 2 aliphatic heterocycles. The first-order valence-electron chi connectivity index (χ1n) is 12.2. The Kier molecular flexibility index (Phi) is 7.42. The summed E-state index contributed by atoms with van der Waals surface area (Å²) in [4.78, 5) is 30.4. The first-order chi connectivity index (χ1) is 16.3. The van der Waals surface area contributed by atoms with E-state index in [1.54, 1.807) is 4.90 Å². The van der Waals surface area contributed by atoms with Crippen molar-refractivity contribution in [1.29, 1.82) is 0 Å². The Morgan fingerprint density at radius 1 is 1.12 bits per heavy atom. The zero-order valence-electron chi connectivity index (χ0n) is 19.9. The van der Waals surface area contributed by atoms with Crippen LogP contribution in [-0.2, 0) is 21.2 Å². The van der Waals surface area contributed by atoms with Crippen molar-refractivity contribution in [2.24, 2.45) is 11.8 Å². The molecule has 0 spiro atoms. The summed E-state index contributed by atoms with van der Waals surface area (Å²) in [5.41, 5.74) is 2.14. The average molecular weight is 487 g/mol. The molecule has 0 unspecified atom stereocenters. The van der Waals surface area contributed by atoms with E-state index in [4.69, 9.17) is 0 Å². The van der Waals surface area contributed by atoms with E-state index in [0.29, 0.717) is 38.4 Å². The van der Waals surface area contributed by atoms with Gasteiger partial charge < -0.3 is 15.2 Å². The SMILES string of the molecule is CCc1cccc(NC(=O)[C@H]2CCCN(S(=O)(=O)c3c[nH]c(C(=O)N4CCC(C)CC4)c3)C2)c1. The van der Waals surface area contributed by atoms with Crippen LogP contribution in [0.5, 0.6) is 0 Å². The lowest BCUT2D eigenvalue weighted by atomic mass is 9.98. The summed E-state index contributed by atoms with van der Waals surface area (Å²) in [7, 11) is -3.81. The van der Waals surface area contributed by atoms with Crippen LogP contribution in [0.2, 0.25) is 0 Å². The highest BCUT2D eigenvalue weighted by molar-refractivity contribution is 7.89. The molecule has 3 heterocycles. The maximum Gasteiger partial charge on any atom is 0.270 e. The maximum atomic E-state index is 13.3. The van der Waals surface area contributed by atoms with Crippen LogP contribution in [0.25, 0.3) is 0 Å². The van der Waals surface area contributed by atoms with Gasteiger partial charge in [-0.1, -0.05) is 26.0 Å². The van der Waals surface area contributed by atoms with E-state index in [0.717, 1.165) is 30.5 Å². The minimum absolute atomic E-state index is 0.0675. The number of nitrogens with zero attached hydrogens (tertiary/aromatic N) is 2. The summed E-state index contributed by atoms with van der Waals surface area (Å²) >= 11 is 0. The normalized spacial score (nSPS) is 20.3. The molecule has 1 aromatic carbocycles. The van der Waals surface area contributed by atoms with Crippen molar-refractivity contribution in [3.05, 3.63) is 47.8 Å². The smallest absolute Gasteiger partial charge is 0.270 e. The lowest BCUT2D eigenvalue weighted by Gasteiger charge is -2.31. The molecule has 2 aliphatic rings. The van der Waals surface area contributed by atoms with Crippen molar-refractivity contribution < 1.29 is 18.0 Å². The first kappa shape index (κ1) is 24.5. The van der Waals surface area contributed by atoms with Gasteiger partial charge >= 0.3 is 0 Å². The lowest BCUT2D eigenvalue weighted by molar-refractivity contribution is -0.120. The minimum atomic E-state index is -3.81. The lowest BCUT2D eigenvalue weighted by Crippen LogP contribution is -2.43. The highest BCUT2D eigenvalue weighted by Crippen LogP contribution is 2.26. The van der Waals surface area contributed by atoms with E-state index in [2.05, 4.69) is 24.1 Å². The van der Waals surface area contributed by atoms with Crippen LogP contribution in [0.15, 0.2) is 41.4 Å². The molecule has 9 heteroatoms. The first-order valence-corrected chi connectivity index (χ1v) is 13.6. The number of aryl methyl sites for hydroxylation is 1. The number of carbonyl (C=O) groups is 2. The molecular formula is C25H34N4O4S. The number of piperidine rings is 2. The molecule has 34 heavy (non-hydrogen) atoms. The van der Waals surface area contributed by atoms with Gasteiger partial charge in [-0.05, 0) is 61.8 Å². The number of rotatable bonds is 6. The van der Waals surface area contributed by atoms with Gasteiger partial charge in [-0.3, -0.25) is 9.59 Å². The third-order valence-corrected chi connectivity index (χ3v) is 8.80. The van der Waals surface area contributed by atoms with Crippen molar-refractivity contribution in [3.8, 4) is 0 Å². The molecule has 0 radical (unpaired) electrons. The Bertz CT molecular complexity index is 1140. The quantitative estimate of drug-likeness (QED) is 0.652. The largest absolute Gasteiger partial charge is 0.356 e. The van der Waals surface area contributed by atoms with Crippen LogP contribution in [0, 0.1) is 11.8 Å². The van der Waals surface area contributed by atoms with Crippen molar-refractivity contribution in [2.75, 3.05) is 31.5 Å². The van der Waals surface area contributed by atoms with Crippen molar-refractivity contribution in [2.45, 2.75) is 50.8 Å². The van der Waals surface area contributed by atoms with Crippen LogP contribution in [0.1, 0.15) is 55.6 Å². The number of likely N-dealkylation sites (tertiary alicyclic amines) is 1. The second kappa shape index (κ2) is 10.3. The van der Waals surface area contributed by atoms with Gasteiger partial charge in [0.05, 0.1) is 5.92 Å². The van der Waals surface area contributed by atoms with Gasteiger partial charge in [0.25, 0.3) is 5.91 Å². The highest BCUT2D eigenvalue weighted by Gasteiger charge is 2.34. The van der Waals surface area contributed by atoms with Crippen molar-refractivity contribution >= 4 is 27.5 Å². The minimum Gasteiger partial charge on any atom is -0.356 e. The molecule has 2 saturated heterocycles. The molecule has 0 bridgehead atoms. The summed E-state index contributed by atoms with van der Waals surface area (Å²) in [6.45, 7) is 6.08. The van der Waals surface area contributed by atoms with Crippen molar-refractivity contribution in [3.63, 3.8) is 0 Å². The Labute approximate surface area is 201 Å². The summed E-state index contributed by atoms with van der Waals surface area (Å²) in [5.74, 6) is -0.163. The van der Waals surface area contributed by atoms with E-state index in [-0.39, 0.29) is 28.9 Å². The molecule has 4 rings (SSSR count). The fourth-order valence-electron chi connectivity index (χ4n) is 4.67. The van der Waals surface area contributed by atoms with E-state index in [9.17, 15) is 18.0 Å². The number of H-pyrrole nitrogens is 1. The Hall–Kier alpha value is -2.65. The maximum absolute atomic E-state index is 13.3. The molecule has 2 fully saturated rings. The molecule has 1 aromatic heterocycles. The number of hydrogen-bond acceptors (Lipinski definition) is 4. The summed E-state index contributed by atoms with van der Waals surface area (Å²) in [6, 6.07) is 9.12. The molecule has 1 atom stereocenters. The number of aromatic nitrogens is 1. The number of aromatic amines is 1. The van der Waals surface area contributed by atoms with Gasteiger partial charge in [-0.15, -0.1) is 0 Å². The molecule has 0 saturated carbocycles. The second-order valence-corrected chi connectivity index (χ2v) is 11.4. The van der Waals surface area contributed by atoms with E-state index in [1.807, 2.05) is 24.3 Å². The van der Waals surface area contributed by atoms with Crippen LogP contribution >= 0.6 is 0 Å². The van der Waals surface area contributed by atoms with Gasteiger partial charge in [0, 0.05) is 38.1 Å². The Morgan fingerprint density at radius 2 is 1.88 bits per heavy atom. The predicted molar refractivity (Wildman–Crippen MR) is 131 cm³/mol. The van der Waals surface area contributed by atoms with E-state index in [1.165, 1.54) is 16.6 Å². The zero-order chi connectivity index (χ0) is 24.3. The number of anilines is 1. The molecule has 184 valence electrons. The van der Waals surface area contributed by atoms with Gasteiger partial charge in [0.1, 0.15) is 10.6 Å². The molecule has 2 N–H and O–H groups in total. The summed E-state index contributed by atoms with van der Waals surface area (Å²) < 4.78 is 28.0. The predicted octanol–water partition coefficient (Wildman–Crippen LogP) is 3.49. The van der Waals surface area contributed by atoms with Crippen LogP contribution in [0.3, 0.4) is 0 Å².